The summed E-state index contributed by atoms with van der Waals surface area (Å²) in [5.41, 5.74) is 1.17. The van der Waals surface area contributed by atoms with E-state index in [2.05, 4.69) is 15.3 Å². The molecule has 0 bridgehead atoms. The lowest BCUT2D eigenvalue weighted by atomic mass is 9.82. The summed E-state index contributed by atoms with van der Waals surface area (Å²) < 4.78 is 12.9. The van der Waals surface area contributed by atoms with Crippen molar-refractivity contribution in [2.75, 3.05) is 26.2 Å². The Labute approximate surface area is 134 Å². The lowest BCUT2D eigenvalue weighted by molar-refractivity contribution is -0.139. The summed E-state index contributed by atoms with van der Waals surface area (Å²) in [5.74, 6) is 1.34. The summed E-state index contributed by atoms with van der Waals surface area (Å²) in [6.07, 6.45) is 0.146. The van der Waals surface area contributed by atoms with Crippen LogP contribution in [0.4, 0.5) is 4.39 Å². The Hall–Kier alpha value is -1.01. The van der Waals surface area contributed by atoms with Crippen molar-refractivity contribution in [1.29, 1.82) is 0 Å². The third-order valence-electron chi connectivity index (χ3n) is 5.36. The van der Waals surface area contributed by atoms with Gasteiger partial charge in [0.05, 0.1) is 10.7 Å². The molecule has 4 nitrogen and oxygen atoms in total. The summed E-state index contributed by atoms with van der Waals surface area (Å²) in [7, 11) is 0. The number of amides is 1. The fraction of sp³-hybridized carbons (Fsp3) is 0.750. The number of aryl methyl sites for hydroxylation is 1. The predicted octanol–water partition coefficient (Wildman–Crippen LogP) is 2.09. The molecule has 1 aromatic heterocycles. The van der Waals surface area contributed by atoms with Crippen LogP contribution in [0.25, 0.3) is 0 Å². The molecule has 0 N–H and O–H groups in total. The molecule has 2 saturated heterocycles. The minimum absolute atomic E-state index is 0.0390. The number of likely N-dealkylation sites (tertiary alicyclic amines) is 2. The molecule has 2 aliphatic heterocycles. The molecule has 1 aromatic rings. The van der Waals surface area contributed by atoms with Gasteiger partial charge in [-0.25, -0.2) is 9.37 Å². The first-order valence-electron chi connectivity index (χ1n) is 8.14. The van der Waals surface area contributed by atoms with Crippen LogP contribution in [0.3, 0.4) is 0 Å². The lowest BCUT2D eigenvalue weighted by Crippen LogP contribution is -2.42. The number of nitrogens with zero attached hydrogens (tertiary/aromatic N) is 3. The van der Waals surface area contributed by atoms with Crippen LogP contribution in [0.2, 0.25) is 0 Å². The summed E-state index contributed by atoms with van der Waals surface area (Å²) in [4.78, 5) is 21.3. The molecule has 1 saturated carbocycles. The van der Waals surface area contributed by atoms with Crippen LogP contribution in [0.5, 0.6) is 0 Å². The summed E-state index contributed by atoms with van der Waals surface area (Å²) in [5, 5.41) is 3.27. The van der Waals surface area contributed by atoms with Gasteiger partial charge in [-0.3, -0.25) is 9.69 Å². The maximum Gasteiger partial charge on any atom is 0.225 e. The Balaban J connectivity index is 1.30. The van der Waals surface area contributed by atoms with E-state index in [9.17, 15) is 9.18 Å². The van der Waals surface area contributed by atoms with E-state index in [-0.39, 0.29) is 11.8 Å². The molecular weight excluding hydrogens is 301 g/mol. The Morgan fingerprint density at radius 1 is 1.32 bits per heavy atom. The number of alkyl halides is 1. The van der Waals surface area contributed by atoms with E-state index in [1.165, 1.54) is 5.69 Å². The van der Waals surface area contributed by atoms with Gasteiger partial charge in [0.15, 0.2) is 0 Å². The molecule has 0 radical (unpaired) electrons. The first kappa shape index (κ1) is 14.6. The van der Waals surface area contributed by atoms with Gasteiger partial charge in [0.2, 0.25) is 5.91 Å². The SMILES string of the molecule is Cc1nc(CN2C[C@@H]3CN(C(=O)C4CC(F)C4)C[C@@H]3C2)cs1. The molecule has 3 fully saturated rings. The average molecular weight is 323 g/mol. The van der Waals surface area contributed by atoms with Crippen LogP contribution in [0, 0.1) is 24.7 Å². The van der Waals surface area contributed by atoms with Crippen LogP contribution in [-0.4, -0.2) is 53.0 Å². The maximum atomic E-state index is 12.9. The number of fused-ring (bicyclic) bond motifs is 1. The maximum absolute atomic E-state index is 12.9. The van der Waals surface area contributed by atoms with Gasteiger partial charge in [0.1, 0.15) is 6.17 Å². The standard InChI is InChI=1S/C16H22FN3OS/c1-10-18-15(9-22-10)8-19-4-12-6-20(7-13(12)5-19)16(21)11-2-14(17)3-11/h9,11-14H,2-8H2,1H3/t11?,12-,13+,14?. The molecule has 0 spiro atoms. The van der Waals surface area contributed by atoms with Crippen molar-refractivity contribution in [3.05, 3.63) is 16.1 Å². The van der Waals surface area contributed by atoms with Crippen molar-refractivity contribution >= 4 is 17.2 Å². The quantitative estimate of drug-likeness (QED) is 0.855. The highest BCUT2D eigenvalue weighted by atomic mass is 32.1. The van der Waals surface area contributed by atoms with Gasteiger partial charge in [-0.2, -0.15) is 0 Å². The fourth-order valence-electron chi connectivity index (χ4n) is 4.12. The molecule has 6 heteroatoms. The number of hydrogen-bond acceptors (Lipinski definition) is 4. The number of rotatable bonds is 3. The molecule has 0 unspecified atom stereocenters. The topological polar surface area (TPSA) is 36.4 Å². The minimum atomic E-state index is -0.742. The van der Waals surface area contributed by atoms with Gasteiger partial charge in [0.25, 0.3) is 0 Å². The molecular formula is C16H22FN3OS. The highest BCUT2D eigenvalue weighted by Crippen LogP contribution is 2.36. The second-order valence-corrected chi connectivity index (χ2v) is 8.14. The van der Waals surface area contributed by atoms with Crippen molar-refractivity contribution in [2.24, 2.45) is 17.8 Å². The predicted molar refractivity (Wildman–Crippen MR) is 83.3 cm³/mol. The molecule has 120 valence electrons. The van der Waals surface area contributed by atoms with Gasteiger partial charge in [0, 0.05) is 44.0 Å². The smallest absolute Gasteiger partial charge is 0.225 e. The molecule has 22 heavy (non-hydrogen) atoms. The van der Waals surface area contributed by atoms with Crippen molar-refractivity contribution < 1.29 is 9.18 Å². The lowest BCUT2D eigenvalue weighted by Gasteiger charge is -2.32. The highest BCUT2D eigenvalue weighted by Gasteiger charge is 2.45. The van der Waals surface area contributed by atoms with E-state index < -0.39 is 6.17 Å². The largest absolute Gasteiger partial charge is 0.342 e. The van der Waals surface area contributed by atoms with Gasteiger partial charge in [-0.1, -0.05) is 0 Å². The normalized spacial score (nSPS) is 34.7. The third kappa shape index (κ3) is 2.67. The first-order chi connectivity index (χ1) is 10.6. The summed E-state index contributed by atoms with van der Waals surface area (Å²) in [6, 6.07) is 0. The van der Waals surface area contributed by atoms with Crippen molar-refractivity contribution in [3.63, 3.8) is 0 Å². The Bertz CT molecular complexity index is 557. The van der Waals surface area contributed by atoms with Crippen molar-refractivity contribution in [2.45, 2.75) is 32.5 Å². The average Bonchev–Trinajstić information content (AvgIpc) is 3.09. The van der Waals surface area contributed by atoms with Crippen molar-refractivity contribution in [1.82, 2.24) is 14.8 Å². The second-order valence-electron chi connectivity index (χ2n) is 7.08. The van der Waals surface area contributed by atoms with Crippen LogP contribution in [0.15, 0.2) is 5.38 Å². The monoisotopic (exact) mass is 323 g/mol. The van der Waals surface area contributed by atoms with Crippen LogP contribution in [0.1, 0.15) is 23.5 Å². The molecule has 1 amide bonds. The zero-order valence-electron chi connectivity index (χ0n) is 12.9. The number of carbonyl (C=O) groups excluding carboxylic acids is 1. The van der Waals surface area contributed by atoms with E-state index >= 15 is 0 Å². The van der Waals surface area contributed by atoms with Gasteiger partial charge in [-0.05, 0) is 31.6 Å². The zero-order valence-corrected chi connectivity index (χ0v) is 13.7. The first-order valence-corrected chi connectivity index (χ1v) is 9.02. The van der Waals surface area contributed by atoms with E-state index in [4.69, 9.17) is 0 Å². The molecule has 1 aliphatic carbocycles. The fourth-order valence-corrected chi connectivity index (χ4v) is 4.72. The highest BCUT2D eigenvalue weighted by molar-refractivity contribution is 7.09. The molecule has 2 atom stereocenters. The number of carbonyl (C=O) groups is 1. The molecule has 4 rings (SSSR count). The number of halogens is 1. The van der Waals surface area contributed by atoms with Crippen LogP contribution >= 0.6 is 11.3 Å². The van der Waals surface area contributed by atoms with Gasteiger partial charge in [-0.15, -0.1) is 11.3 Å². The molecule has 0 aromatic carbocycles. The number of hydrogen-bond donors (Lipinski definition) is 0. The summed E-state index contributed by atoms with van der Waals surface area (Å²) >= 11 is 1.70. The van der Waals surface area contributed by atoms with E-state index in [0.717, 1.165) is 37.7 Å². The minimum Gasteiger partial charge on any atom is -0.342 e. The molecule has 3 aliphatic rings. The second kappa shape index (κ2) is 5.57. The zero-order chi connectivity index (χ0) is 15.3. The summed E-state index contributed by atoms with van der Waals surface area (Å²) in [6.45, 7) is 6.81. The Kier molecular flexibility index (Phi) is 3.69. The van der Waals surface area contributed by atoms with Crippen molar-refractivity contribution in [3.8, 4) is 0 Å². The number of thiazole rings is 1. The van der Waals surface area contributed by atoms with E-state index in [1.54, 1.807) is 11.3 Å². The van der Waals surface area contributed by atoms with Gasteiger partial charge < -0.3 is 4.90 Å². The van der Waals surface area contributed by atoms with Gasteiger partial charge >= 0.3 is 0 Å². The Morgan fingerprint density at radius 3 is 2.55 bits per heavy atom. The van der Waals surface area contributed by atoms with Crippen LogP contribution < -0.4 is 0 Å². The van der Waals surface area contributed by atoms with E-state index in [0.29, 0.717) is 24.7 Å². The number of aromatic nitrogens is 1. The third-order valence-corrected chi connectivity index (χ3v) is 6.18. The van der Waals surface area contributed by atoms with E-state index in [1.807, 2.05) is 11.8 Å². The molecule has 3 heterocycles. The Morgan fingerprint density at radius 2 is 2.00 bits per heavy atom. The van der Waals surface area contributed by atoms with Crippen LogP contribution in [-0.2, 0) is 11.3 Å².